The largest absolute Gasteiger partial charge is 0.507 e. The summed E-state index contributed by atoms with van der Waals surface area (Å²) < 4.78 is 7.08. The van der Waals surface area contributed by atoms with Gasteiger partial charge in [0.2, 0.25) is 0 Å². The van der Waals surface area contributed by atoms with Crippen LogP contribution in [0.15, 0.2) is 12.1 Å². The SMILES string of the molecule is Cc1nn(C)c(C)c1NC(=O)C(C)OC(=O)CCc1cc(C(C)(C)C)c(O)c(C(C)(C)C)c1. The van der Waals surface area contributed by atoms with E-state index in [0.29, 0.717) is 23.6 Å². The highest BCUT2D eigenvalue weighted by molar-refractivity contribution is 5.96. The predicted molar refractivity (Wildman–Crippen MR) is 131 cm³/mol. The summed E-state index contributed by atoms with van der Waals surface area (Å²) in [6.45, 7) is 17.6. The molecule has 1 atom stereocenters. The Kier molecular flexibility index (Phi) is 7.67. The fourth-order valence-electron chi connectivity index (χ4n) is 3.72. The van der Waals surface area contributed by atoms with Gasteiger partial charge in [0.1, 0.15) is 5.75 Å². The van der Waals surface area contributed by atoms with Crippen LogP contribution in [0, 0.1) is 13.8 Å². The van der Waals surface area contributed by atoms with Crippen LogP contribution in [-0.4, -0.2) is 32.9 Å². The van der Waals surface area contributed by atoms with Crippen LogP contribution >= 0.6 is 0 Å². The Bertz CT molecular complexity index is 1000. The molecule has 182 valence electrons. The fraction of sp³-hybridized carbons (Fsp3) is 0.577. The lowest BCUT2D eigenvalue weighted by Gasteiger charge is -2.28. The van der Waals surface area contributed by atoms with E-state index in [1.807, 2.05) is 26.0 Å². The number of aromatic hydroxyl groups is 1. The summed E-state index contributed by atoms with van der Waals surface area (Å²) in [7, 11) is 1.81. The number of phenolic OH excluding ortho intramolecular Hbond substituents is 1. The molecule has 0 aliphatic heterocycles. The molecule has 0 radical (unpaired) electrons. The smallest absolute Gasteiger partial charge is 0.306 e. The van der Waals surface area contributed by atoms with Gasteiger partial charge in [0.15, 0.2) is 6.10 Å². The van der Waals surface area contributed by atoms with Crippen molar-refractivity contribution in [2.24, 2.45) is 7.05 Å². The molecule has 0 bridgehead atoms. The number of aromatic nitrogens is 2. The number of ether oxygens (including phenoxy) is 1. The first kappa shape index (κ1) is 26.4. The van der Waals surface area contributed by atoms with Crippen LogP contribution in [0.3, 0.4) is 0 Å². The number of rotatable bonds is 6. The maximum Gasteiger partial charge on any atom is 0.306 e. The molecule has 0 aliphatic rings. The Labute approximate surface area is 197 Å². The summed E-state index contributed by atoms with van der Waals surface area (Å²) in [6.07, 6.45) is -0.326. The van der Waals surface area contributed by atoms with Crippen molar-refractivity contribution >= 4 is 17.6 Å². The molecule has 0 fully saturated rings. The summed E-state index contributed by atoms with van der Waals surface area (Å²) in [4.78, 5) is 25.0. The van der Waals surface area contributed by atoms with Crippen molar-refractivity contribution in [2.45, 2.75) is 92.1 Å². The molecule has 0 saturated carbocycles. The third-order valence-electron chi connectivity index (χ3n) is 5.84. The van der Waals surface area contributed by atoms with Crippen LogP contribution < -0.4 is 5.32 Å². The highest BCUT2D eigenvalue weighted by Crippen LogP contribution is 2.40. The van der Waals surface area contributed by atoms with Gasteiger partial charge in [-0.1, -0.05) is 53.7 Å². The van der Waals surface area contributed by atoms with Crippen molar-refractivity contribution in [3.63, 3.8) is 0 Å². The number of esters is 1. The van der Waals surface area contributed by atoms with E-state index >= 15 is 0 Å². The lowest BCUT2D eigenvalue weighted by molar-refractivity contribution is -0.153. The van der Waals surface area contributed by atoms with Gasteiger partial charge in [-0.05, 0) is 54.7 Å². The maximum atomic E-state index is 12.5. The number of phenols is 1. The molecule has 1 unspecified atom stereocenters. The Morgan fingerprint density at radius 2 is 1.61 bits per heavy atom. The van der Waals surface area contributed by atoms with Crippen molar-refractivity contribution in [2.75, 3.05) is 5.32 Å². The molecule has 1 aromatic heterocycles. The Balaban J connectivity index is 2.08. The topological polar surface area (TPSA) is 93.5 Å². The van der Waals surface area contributed by atoms with E-state index in [1.54, 1.807) is 18.7 Å². The molecule has 2 rings (SSSR count). The van der Waals surface area contributed by atoms with Gasteiger partial charge in [0.25, 0.3) is 5.91 Å². The first-order chi connectivity index (χ1) is 15.0. The molecule has 0 saturated heterocycles. The molecule has 7 heteroatoms. The molecule has 0 spiro atoms. The van der Waals surface area contributed by atoms with Gasteiger partial charge in [-0.15, -0.1) is 0 Å². The number of amides is 1. The molecule has 1 aromatic carbocycles. The Hall–Kier alpha value is -2.83. The maximum absolute atomic E-state index is 12.5. The van der Waals surface area contributed by atoms with E-state index in [2.05, 4.69) is 52.0 Å². The number of anilines is 1. The van der Waals surface area contributed by atoms with Crippen molar-refractivity contribution in [3.05, 3.63) is 40.2 Å². The third kappa shape index (κ3) is 6.36. The monoisotopic (exact) mass is 457 g/mol. The Morgan fingerprint density at radius 3 is 2.03 bits per heavy atom. The zero-order valence-corrected chi connectivity index (χ0v) is 21.7. The summed E-state index contributed by atoms with van der Waals surface area (Å²) in [6, 6.07) is 3.92. The zero-order chi connectivity index (χ0) is 25.3. The van der Waals surface area contributed by atoms with Crippen molar-refractivity contribution < 1.29 is 19.4 Å². The molecular weight excluding hydrogens is 418 g/mol. The number of nitrogens with one attached hydrogen (secondary N) is 1. The number of carbonyl (C=O) groups is 2. The van der Waals surface area contributed by atoms with E-state index < -0.39 is 18.0 Å². The van der Waals surface area contributed by atoms with Gasteiger partial charge in [-0.2, -0.15) is 5.10 Å². The first-order valence-corrected chi connectivity index (χ1v) is 11.4. The van der Waals surface area contributed by atoms with E-state index in [4.69, 9.17) is 4.74 Å². The standard InChI is InChI=1S/C26H39N3O4/c1-15-22(16(2)29(10)28-15)27-24(32)17(3)33-21(30)12-11-18-13-19(25(4,5)6)23(31)20(14-18)26(7,8)9/h13-14,17,31H,11-12H2,1-10H3,(H,27,32). The quantitative estimate of drug-likeness (QED) is 0.606. The number of benzene rings is 1. The first-order valence-electron chi connectivity index (χ1n) is 11.4. The van der Waals surface area contributed by atoms with Crippen LogP contribution in [0.1, 0.15) is 83.0 Å². The van der Waals surface area contributed by atoms with E-state index in [0.717, 1.165) is 22.4 Å². The minimum absolute atomic E-state index is 0.139. The van der Waals surface area contributed by atoms with Crippen molar-refractivity contribution in [1.82, 2.24) is 9.78 Å². The highest BCUT2D eigenvalue weighted by Gasteiger charge is 2.27. The van der Waals surface area contributed by atoms with Crippen LogP contribution in [-0.2, 0) is 38.6 Å². The summed E-state index contributed by atoms with van der Waals surface area (Å²) in [5.41, 5.74) is 4.36. The number of hydrogen-bond donors (Lipinski definition) is 2. The predicted octanol–water partition coefficient (Wildman–Crippen LogP) is 4.84. The molecule has 1 amide bonds. The second kappa shape index (κ2) is 9.57. The van der Waals surface area contributed by atoms with Gasteiger partial charge < -0.3 is 15.2 Å². The fourth-order valence-corrected chi connectivity index (χ4v) is 3.72. The minimum Gasteiger partial charge on any atom is -0.507 e. The van der Waals surface area contributed by atoms with Gasteiger partial charge in [-0.25, -0.2) is 0 Å². The Morgan fingerprint density at radius 1 is 1.09 bits per heavy atom. The second-order valence-corrected chi connectivity index (χ2v) is 10.8. The molecule has 7 nitrogen and oxygen atoms in total. The summed E-state index contributed by atoms with van der Waals surface area (Å²) in [5, 5.41) is 17.9. The normalized spacial score (nSPS) is 13.0. The summed E-state index contributed by atoms with van der Waals surface area (Å²) in [5.74, 6) is -0.523. The molecule has 1 heterocycles. The lowest BCUT2D eigenvalue weighted by atomic mass is 9.78. The molecule has 33 heavy (non-hydrogen) atoms. The van der Waals surface area contributed by atoms with Crippen molar-refractivity contribution in [3.8, 4) is 5.75 Å². The van der Waals surface area contributed by atoms with Gasteiger partial charge in [0, 0.05) is 13.5 Å². The second-order valence-electron chi connectivity index (χ2n) is 10.8. The number of hydrogen-bond acceptors (Lipinski definition) is 5. The zero-order valence-electron chi connectivity index (χ0n) is 21.7. The van der Waals surface area contributed by atoms with E-state index in [1.165, 1.54) is 0 Å². The average Bonchev–Trinajstić information content (AvgIpc) is 2.91. The van der Waals surface area contributed by atoms with Crippen LogP contribution in [0.2, 0.25) is 0 Å². The van der Waals surface area contributed by atoms with Gasteiger partial charge in [-0.3, -0.25) is 14.3 Å². The molecule has 2 aromatic rings. The lowest BCUT2D eigenvalue weighted by Crippen LogP contribution is -2.30. The molecular formula is C26H39N3O4. The van der Waals surface area contributed by atoms with Gasteiger partial charge >= 0.3 is 5.97 Å². The van der Waals surface area contributed by atoms with E-state index in [9.17, 15) is 14.7 Å². The van der Waals surface area contributed by atoms with Crippen molar-refractivity contribution in [1.29, 1.82) is 0 Å². The average molecular weight is 458 g/mol. The van der Waals surface area contributed by atoms with Crippen LogP contribution in [0.5, 0.6) is 5.75 Å². The number of nitrogens with zero attached hydrogens (tertiary/aromatic N) is 2. The minimum atomic E-state index is -0.924. The number of aryl methyl sites for hydroxylation is 3. The third-order valence-corrected chi connectivity index (χ3v) is 5.84. The summed E-state index contributed by atoms with van der Waals surface area (Å²) >= 11 is 0. The molecule has 2 N–H and O–H groups in total. The van der Waals surface area contributed by atoms with Crippen LogP contribution in [0.4, 0.5) is 5.69 Å². The highest BCUT2D eigenvalue weighted by atomic mass is 16.5. The molecule has 0 aliphatic carbocycles. The van der Waals surface area contributed by atoms with E-state index in [-0.39, 0.29) is 17.3 Å². The number of carbonyl (C=O) groups excluding carboxylic acids is 2. The van der Waals surface area contributed by atoms with Gasteiger partial charge in [0.05, 0.1) is 17.1 Å². The van der Waals surface area contributed by atoms with Crippen LogP contribution in [0.25, 0.3) is 0 Å².